The lowest BCUT2D eigenvalue weighted by atomic mass is 9.95. The average molecular weight is 599 g/mol. The summed E-state index contributed by atoms with van der Waals surface area (Å²) in [6.45, 7) is 4.66. The van der Waals surface area contributed by atoms with Gasteiger partial charge in [0.25, 0.3) is 5.56 Å². The Hall–Kier alpha value is -2.91. The van der Waals surface area contributed by atoms with Crippen LogP contribution < -0.4 is 15.8 Å². The SMILES string of the molecule is C#C[C@@]1(O)[C@H](O)[C@@H](COP(=O)(C[C@@H](C)C(=O)OC(CC)CC)Oc2ccc(Cl)cc2)O[C@H]1n1ccc(=O)[nH]c1=O. The quantitative estimate of drug-likeness (QED) is 0.188. The maximum absolute atomic E-state index is 13.9. The van der Waals surface area contributed by atoms with Gasteiger partial charge in [-0.3, -0.25) is 23.7 Å². The van der Waals surface area contributed by atoms with Crippen molar-refractivity contribution in [3.63, 3.8) is 0 Å². The zero-order valence-electron chi connectivity index (χ0n) is 22.2. The summed E-state index contributed by atoms with van der Waals surface area (Å²) < 4.78 is 37.2. The highest BCUT2D eigenvalue weighted by molar-refractivity contribution is 7.54. The van der Waals surface area contributed by atoms with Crippen LogP contribution in [0.4, 0.5) is 0 Å². The molecule has 0 saturated carbocycles. The molecular formula is C26H32ClN2O10P. The zero-order chi connectivity index (χ0) is 29.7. The Bertz CT molecular complexity index is 1380. The van der Waals surface area contributed by atoms with Crippen LogP contribution in [0, 0.1) is 18.3 Å². The molecule has 1 aromatic heterocycles. The third-order valence-corrected chi connectivity index (χ3v) is 8.68. The smallest absolute Gasteiger partial charge is 0.380 e. The normalized spacial score (nSPS) is 24.7. The third-order valence-electron chi connectivity index (χ3n) is 6.41. The first-order chi connectivity index (χ1) is 18.9. The van der Waals surface area contributed by atoms with Crippen LogP contribution in [0.2, 0.25) is 5.02 Å². The Morgan fingerprint density at radius 1 is 1.27 bits per heavy atom. The fourth-order valence-electron chi connectivity index (χ4n) is 4.05. The third kappa shape index (κ3) is 7.23. The van der Waals surface area contributed by atoms with E-state index in [0.717, 1.165) is 16.8 Å². The number of nitrogens with one attached hydrogen (secondary N) is 1. The number of nitrogens with zero attached hydrogens (tertiary/aromatic N) is 1. The number of esters is 1. The standard InChI is InChI=1S/C26H32ClN2O10P/c1-5-18(6-2)37-23(32)16(4)15-40(35,39-19-10-8-17(27)9-11-19)36-14-20-22(31)26(34,7-3)24(38-20)29-13-12-21(30)28-25(29)33/h3,8-13,16,18,20,22,24,31,34H,5-6,14-15H2,1-2,4H3,(H,28,30,33)/t16-,20-,22-,24-,26-,40?/m1/s1. The fourth-order valence-corrected chi connectivity index (χ4v) is 6.05. The highest BCUT2D eigenvalue weighted by Gasteiger charge is 2.56. The summed E-state index contributed by atoms with van der Waals surface area (Å²) in [6, 6.07) is 6.95. The molecule has 0 aliphatic carbocycles. The van der Waals surface area contributed by atoms with E-state index in [0.29, 0.717) is 17.9 Å². The summed E-state index contributed by atoms with van der Waals surface area (Å²) >= 11 is 5.93. The molecule has 0 radical (unpaired) electrons. The molecule has 1 aliphatic heterocycles. The molecule has 2 heterocycles. The Morgan fingerprint density at radius 3 is 2.50 bits per heavy atom. The van der Waals surface area contributed by atoms with Crippen molar-refractivity contribution >= 4 is 25.2 Å². The number of aromatic amines is 1. The topological polar surface area (TPSA) is 166 Å². The van der Waals surface area contributed by atoms with Crippen LogP contribution in [0.25, 0.3) is 0 Å². The van der Waals surface area contributed by atoms with E-state index in [1.807, 2.05) is 24.8 Å². The molecule has 1 saturated heterocycles. The molecule has 1 aromatic carbocycles. The predicted octanol–water partition coefficient (Wildman–Crippen LogP) is 2.47. The first kappa shape index (κ1) is 31.6. The number of H-pyrrole nitrogens is 1. The van der Waals surface area contributed by atoms with Gasteiger partial charge in [-0.05, 0) is 37.1 Å². The lowest BCUT2D eigenvalue weighted by Gasteiger charge is -2.26. The van der Waals surface area contributed by atoms with Crippen molar-refractivity contribution in [2.45, 2.75) is 63.8 Å². The fraction of sp³-hybridized carbons (Fsp3) is 0.500. The van der Waals surface area contributed by atoms with E-state index in [4.69, 9.17) is 36.5 Å². The van der Waals surface area contributed by atoms with E-state index in [2.05, 4.69) is 0 Å². The van der Waals surface area contributed by atoms with Gasteiger partial charge in [-0.2, -0.15) is 0 Å². The molecule has 40 heavy (non-hydrogen) atoms. The van der Waals surface area contributed by atoms with E-state index in [-0.39, 0.29) is 18.0 Å². The van der Waals surface area contributed by atoms with Crippen LogP contribution in [-0.2, 0) is 23.4 Å². The minimum Gasteiger partial charge on any atom is -0.462 e. The number of carbonyl (C=O) groups is 1. The Kier molecular flexibility index (Phi) is 10.4. The number of rotatable bonds is 12. The van der Waals surface area contributed by atoms with Gasteiger partial charge in [0.2, 0.25) is 0 Å². The van der Waals surface area contributed by atoms with Crippen molar-refractivity contribution in [1.29, 1.82) is 0 Å². The second-order valence-corrected chi connectivity index (χ2v) is 11.8. The molecule has 1 fully saturated rings. The van der Waals surface area contributed by atoms with Crippen LogP contribution in [0.5, 0.6) is 5.75 Å². The number of hydrogen-bond donors (Lipinski definition) is 3. The number of aromatic nitrogens is 2. The van der Waals surface area contributed by atoms with Crippen molar-refractivity contribution in [2.75, 3.05) is 12.8 Å². The van der Waals surface area contributed by atoms with Gasteiger partial charge in [-0.15, -0.1) is 6.42 Å². The van der Waals surface area contributed by atoms with Gasteiger partial charge in [-0.1, -0.05) is 38.3 Å². The molecule has 3 N–H and O–H groups in total. The zero-order valence-corrected chi connectivity index (χ0v) is 23.8. The number of ether oxygens (including phenoxy) is 2. The van der Waals surface area contributed by atoms with E-state index >= 15 is 0 Å². The van der Waals surface area contributed by atoms with Crippen molar-refractivity contribution < 1.29 is 38.1 Å². The second kappa shape index (κ2) is 13.2. The highest BCUT2D eigenvalue weighted by atomic mass is 35.5. The van der Waals surface area contributed by atoms with Crippen molar-refractivity contribution in [3.05, 3.63) is 62.4 Å². The number of benzene rings is 1. The molecule has 12 nitrogen and oxygen atoms in total. The second-order valence-electron chi connectivity index (χ2n) is 9.37. The van der Waals surface area contributed by atoms with Crippen LogP contribution in [-0.4, -0.2) is 62.4 Å². The van der Waals surface area contributed by atoms with Gasteiger partial charge < -0.3 is 24.2 Å². The minimum absolute atomic E-state index is 0.138. The van der Waals surface area contributed by atoms with E-state index in [1.165, 1.54) is 31.2 Å². The molecule has 2 aromatic rings. The van der Waals surface area contributed by atoms with E-state index in [9.17, 15) is 29.2 Å². The van der Waals surface area contributed by atoms with Gasteiger partial charge in [0.15, 0.2) is 11.8 Å². The number of terminal acetylenes is 1. The Balaban J connectivity index is 1.84. The highest BCUT2D eigenvalue weighted by Crippen LogP contribution is 2.51. The summed E-state index contributed by atoms with van der Waals surface area (Å²) in [4.78, 5) is 38.5. The summed E-state index contributed by atoms with van der Waals surface area (Å²) in [5.74, 6) is 0.677. The molecule has 1 unspecified atom stereocenters. The van der Waals surface area contributed by atoms with Gasteiger partial charge in [-0.25, -0.2) is 9.36 Å². The van der Waals surface area contributed by atoms with Gasteiger partial charge in [0, 0.05) is 17.3 Å². The number of carbonyl (C=O) groups excluding carboxylic acids is 1. The number of hydrogen-bond acceptors (Lipinski definition) is 10. The predicted molar refractivity (Wildman–Crippen MR) is 145 cm³/mol. The molecule has 0 spiro atoms. The molecule has 3 rings (SSSR count). The number of aliphatic hydroxyl groups is 2. The minimum atomic E-state index is -4.15. The van der Waals surface area contributed by atoms with Gasteiger partial charge in [0.1, 0.15) is 24.1 Å². The van der Waals surface area contributed by atoms with Crippen LogP contribution in [0.1, 0.15) is 39.8 Å². The van der Waals surface area contributed by atoms with Crippen molar-refractivity contribution in [1.82, 2.24) is 9.55 Å². The Labute approximate surface area is 235 Å². The molecule has 1 aliphatic rings. The molecule has 14 heteroatoms. The lowest BCUT2D eigenvalue weighted by Crippen LogP contribution is -2.48. The Morgan fingerprint density at radius 2 is 1.93 bits per heavy atom. The first-order valence-corrected chi connectivity index (χ1v) is 14.7. The summed E-state index contributed by atoms with van der Waals surface area (Å²) in [7, 11) is -4.15. The van der Waals surface area contributed by atoms with Gasteiger partial charge in [0.05, 0.1) is 18.7 Å². The van der Waals surface area contributed by atoms with Crippen molar-refractivity contribution in [2.24, 2.45) is 5.92 Å². The molecular weight excluding hydrogens is 567 g/mol. The molecule has 0 amide bonds. The lowest BCUT2D eigenvalue weighted by molar-refractivity contribution is -0.153. The molecule has 6 atom stereocenters. The monoisotopic (exact) mass is 598 g/mol. The molecule has 0 bridgehead atoms. The number of aliphatic hydroxyl groups excluding tert-OH is 1. The number of halogens is 1. The average Bonchev–Trinajstić information content (AvgIpc) is 3.17. The summed E-state index contributed by atoms with van der Waals surface area (Å²) in [5.41, 5.74) is -4.05. The van der Waals surface area contributed by atoms with E-state index < -0.39 is 61.4 Å². The van der Waals surface area contributed by atoms with Crippen LogP contribution in [0.3, 0.4) is 0 Å². The summed E-state index contributed by atoms with van der Waals surface area (Å²) in [6.07, 6.45) is 2.25. The van der Waals surface area contributed by atoms with Gasteiger partial charge >= 0.3 is 19.3 Å². The summed E-state index contributed by atoms with van der Waals surface area (Å²) in [5, 5.41) is 22.2. The maximum atomic E-state index is 13.9. The first-order valence-electron chi connectivity index (χ1n) is 12.6. The van der Waals surface area contributed by atoms with Crippen LogP contribution >= 0.6 is 19.2 Å². The molecule has 218 valence electrons. The van der Waals surface area contributed by atoms with Crippen LogP contribution in [0.15, 0.2) is 46.1 Å². The van der Waals surface area contributed by atoms with Crippen molar-refractivity contribution in [3.8, 4) is 18.1 Å². The largest absolute Gasteiger partial charge is 0.462 e. The van der Waals surface area contributed by atoms with E-state index in [1.54, 1.807) is 0 Å². The maximum Gasteiger partial charge on any atom is 0.380 e.